The zero-order valence-electron chi connectivity index (χ0n) is 20.2. The van der Waals surface area contributed by atoms with Crippen LogP contribution in [0.3, 0.4) is 0 Å². The lowest BCUT2D eigenvalue weighted by Gasteiger charge is -2.26. The third-order valence-electron chi connectivity index (χ3n) is 6.18. The summed E-state index contributed by atoms with van der Waals surface area (Å²) in [4.78, 5) is 21.4. The molecule has 2 saturated heterocycles. The molecule has 0 aromatic carbocycles. The van der Waals surface area contributed by atoms with Crippen molar-refractivity contribution < 1.29 is 9.53 Å². The van der Waals surface area contributed by atoms with Crippen LogP contribution in [0.1, 0.15) is 50.2 Å². The molecular weight excluding hydrogens is 535 g/mol. The largest absolute Gasteiger partial charge is 0.379 e. The Morgan fingerprint density at radius 2 is 1.76 bits per heavy atom. The van der Waals surface area contributed by atoms with Crippen LogP contribution < -0.4 is 10.6 Å². The number of hydrogen-bond acceptors (Lipinski definition) is 6. The third-order valence-corrected chi connectivity index (χ3v) is 6.18. The average Bonchev–Trinajstić information content (AvgIpc) is 2.99. The number of halogens is 1. The molecule has 2 fully saturated rings. The second-order valence-corrected chi connectivity index (χ2v) is 8.59. The Balaban J connectivity index is 0.00000385. The maximum Gasteiger partial charge on any atom is 0.222 e. The molecule has 2 aliphatic rings. The van der Waals surface area contributed by atoms with E-state index in [0.717, 1.165) is 109 Å². The number of carbonyl (C=O) groups excluding carboxylic acids is 1. The van der Waals surface area contributed by atoms with Gasteiger partial charge in [-0.1, -0.05) is 6.42 Å². The average molecular weight is 577 g/mol. The van der Waals surface area contributed by atoms with E-state index in [1.807, 2.05) is 23.4 Å². The van der Waals surface area contributed by atoms with E-state index in [0.29, 0.717) is 18.9 Å². The first-order valence-corrected chi connectivity index (χ1v) is 12.1. The molecule has 3 heterocycles. The first-order chi connectivity index (χ1) is 15.6. The van der Waals surface area contributed by atoms with Crippen molar-refractivity contribution in [2.24, 2.45) is 12.0 Å². The minimum atomic E-state index is 0. The summed E-state index contributed by atoms with van der Waals surface area (Å²) in [5.74, 6) is 2.81. The van der Waals surface area contributed by atoms with Crippen LogP contribution in [-0.2, 0) is 23.1 Å². The van der Waals surface area contributed by atoms with Crippen LogP contribution in [-0.4, -0.2) is 95.5 Å². The van der Waals surface area contributed by atoms with Gasteiger partial charge in [-0.3, -0.25) is 9.69 Å². The molecule has 188 valence electrons. The summed E-state index contributed by atoms with van der Waals surface area (Å²) in [5, 5.41) is 15.2. The van der Waals surface area contributed by atoms with Gasteiger partial charge in [-0.25, -0.2) is 4.99 Å². The van der Waals surface area contributed by atoms with Gasteiger partial charge in [0.05, 0.1) is 13.2 Å². The van der Waals surface area contributed by atoms with Gasteiger partial charge in [0.2, 0.25) is 5.91 Å². The molecular formula is C22H41IN8O2. The highest BCUT2D eigenvalue weighted by molar-refractivity contribution is 14.0. The van der Waals surface area contributed by atoms with E-state index < -0.39 is 0 Å². The number of morpholine rings is 1. The van der Waals surface area contributed by atoms with Crippen molar-refractivity contribution in [3.63, 3.8) is 0 Å². The molecule has 2 N–H and O–H groups in total. The minimum Gasteiger partial charge on any atom is -0.379 e. The van der Waals surface area contributed by atoms with Gasteiger partial charge in [0, 0.05) is 52.7 Å². The number of nitrogens with zero attached hydrogens (tertiary/aromatic N) is 6. The maximum atomic E-state index is 12.2. The number of aryl methyl sites for hydroxylation is 1. The number of nitrogens with one attached hydrogen (secondary N) is 2. The van der Waals surface area contributed by atoms with Gasteiger partial charge < -0.3 is 24.8 Å². The molecule has 3 rings (SSSR count). The first kappa shape index (κ1) is 27.8. The third kappa shape index (κ3) is 9.73. The molecule has 0 unspecified atom stereocenters. The highest BCUT2D eigenvalue weighted by Gasteiger charge is 2.16. The van der Waals surface area contributed by atoms with Crippen molar-refractivity contribution in [3.05, 3.63) is 11.6 Å². The molecule has 1 aromatic heterocycles. The molecule has 11 heteroatoms. The summed E-state index contributed by atoms with van der Waals surface area (Å²) in [7, 11) is 1.96. The number of likely N-dealkylation sites (tertiary alicyclic amines) is 1. The fraction of sp³-hybridized carbons (Fsp3) is 0.818. The van der Waals surface area contributed by atoms with Crippen LogP contribution in [0.25, 0.3) is 0 Å². The lowest BCUT2D eigenvalue weighted by Crippen LogP contribution is -2.41. The Morgan fingerprint density at radius 1 is 1.03 bits per heavy atom. The van der Waals surface area contributed by atoms with Crippen molar-refractivity contribution >= 4 is 35.8 Å². The quantitative estimate of drug-likeness (QED) is 0.188. The molecule has 0 radical (unpaired) electrons. The van der Waals surface area contributed by atoms with Gasteiger partial charge in [-0.15, -0.1) is 34.2 Å². The fourth-order valence-electron chi connectivity index (χ4n) is 4.00. The summed E-state index contributed by atoms with van der Waals surface area (Å²) < 4.78 is 7.38. The topological polar surface area (TPSA) is 99.9 Å². The van der Waals surface area contributed by atoms with E-state index in [4.69, 9.17) is 9.73 Å². The number of aromatic nitrogens is 3. The number of ether oxygens (including phenoxy) is 1. The highest BCUT2D eigenvalue weighted by atomic mass is 127. The molecule has 0 spiro atoms. The van der Waals surface area contributed by atoms with Gasteiger partial charge in [-0.05, 0) is 39.2 Å². The zero-order valence-corrected chi connectivity index (χ0v) is 22.6. The van der Waals surface area contributed by atoms with E-state index in [9.17, 15) is 4.79 Å². The summed E-state index contributed by atoms with van der Waals surface area (Å²) in [6, 6.07) is 0. The number of amides is 1. The van der Waals surface area contributed by atoms with Gasteiger partial charge in [-0.2, -0.15) is 0 Å². The van der Waals surface area contributed by atoms with Crippen molar-refractivity contribution in [3.8, 4) is 0 Å². The number of rotatable bonds is 10. The van der Waals surface area contributed by atoms with Gasteiger partial charge in [0.15, 0.2) is 11.8 Å². The molecule has 10 nitrogen and oxygen atoms in total. The Hall–Kier alpha value is -1.47. The lowest BCUT2D eigenvalue weighted by molar-refractivity contribution is -0.130. The first-order valence-electron chi connectivity index (χ1n) is 12.1. The second kappa shape index (κ2) is 15.4. The summed E-state index contributed by atoms with van der Waals surface area (Å²) in [5.41, 5.74) is 0. The van der Waals surface area contributed by atoms with E-state index in [-0.39, 0.29) is 24.0 Å². The van der Waals surface area contributed by atoms with Crippen molar-refractivity contribution in [1.82, 2.24) is 35.2 Å². The van der Waals surface area contributed by atoms with Crippen LogP contribution in [0.5, 0.6) is 0 Å². The predicted molar refractivity (Wildman–Crippen MR) is 140 cm³/mol. The minimum absolute atomic E-state index is 0. The van der Waals surface area contributed by atoms with Crippen molar-refractivity contribution in [2.45, 2.75) is 52.0 Å². The molecule has 1 amide bonds. The normalized spacial score (nSPS) is 18.1. The lowest BCUT2D eigenvalue weighted by atomic mass is 10.2. The molecule has 0 atom stereocenters. The summed E-state index contributed by atoms with van der Waals surface area (Å²) in [6.45, 7) is 10.5. The van der Waals surface area contributed by atoms with Crippen LogP contribution in [0.15, 0.2) is 4.99 Å². The van der Waals surface area contributed by atoms with Crippen molar-refractivity contribution in [2.75, 3.05) is 59.0 Å². The van der Waals surface area contributed by atoms with Crippen LogP contribution in [0, 0.1) is 6.92 Å². The van der Waals surface area contributed by atoms with Crippen LogP contribution >= 0.6 is 24.0 Å². The Kier molecular flexibility index (Phi) is 13.0. The Bertz CT molecular complexity index is 736. The molecule has 1 aromatic rings. The SMILES string of the molecule is Cc1nnc(CN=C(NCCCN2CCOCC2)NCCCN2CCCCCC2=O)n1C.I. The zero-order chi connectivity index (χ0) is 22.6. The number of hydrogen-bond donors (Lipinski definition) is 2. The maximum absolute atomic E-state index is 12.2. The second-order valence-electron chi connectivity index (χ2n) is 8.59. The van der Waals surface area contributed by atoms with E-state index in [1.54, 1.807) is 0 Å². The van der Waals surface area contributed by atoms with Gasteiger partial charge in [0.1, 0.15) is 12.4 Å². The number of guanidine groups is 1. The molecule has 2 aliphatic heterocycles. The molecule has 33 heavy (non-hydrogen) atoms. The van der Waals surface area contributed by atoms with Gasteiger partial charge in [0.25, 0.3) is 0 Å². The molecule has 0 saturated carbocycles. The number of aliphatic imine (C=N–C) groups is 1. The van der Waals surface area contributed by atoms with E-state index in [1.165, 1.54) is 0 Å². The van der Waals surface area contributed by atoms with E-state index >= 15 is 0 Å². The highest BCUT2D eigenvalue weighted by Crippen LogP contribution is 2.11. The summed E-state index contributed by atoms with van der Waals surface area (Å²) >= 11 is 0. The number of carbonyl (C=O) groups is 1. The smallest absolute Gasteiger partial charge is 0.222 e. The summed E-state index contributed by atoms with van der Waals surface area (Å²) in [6.07, 6.45) is 5.96. The van der Waals surface area contributed by atoms with Crippen LogP contribution in [0.2, 0.25) is 0 Å². The van der Waals surface area contributed by atoms with Crippen molar-refractivity contribution in [1.29, 1.82) is 0 Å². The monoisotopic (exact) mass is 576 g/mol. The Labute approximate surface area is 214 Å². The fourth-order valence-corrected chi connectivity index (χ4v) is 4.00. The molecule has 0 aliphatic carbocycles. The standard InChI is InChI=1S/C22H40N8O2.HI/c1-19-26-27-20(28(19)2)18-25-22(23-9-6-11-29-14-16-32-17-15-29)24-10-7-13-30-12-5-3-4-8-21(30)31;/h3-18H2,1-2H3,(H2,23,24,25);1H. The Morgan fingerprint density at radius 3 is 2.45 bits per heavy atom. The molecule has 0 bridgehead atoms. The van der Waals surface area contributed by atoms with Gasteiger partial charge >= 0.3 is 0 Å². The predicted octanol–water partition coefficient (Wildman–Crippen LogP) is 1.29. The van der Waals surface area contributed by atoms with E-state index in [2.05, 4.69) is 25.7 Å². The van der Waals surface area contributed by atoms with Crippen LogP contribution in [0.4, 0.5) is 0 Å².